The van der Waals surface area contributed by atoms with E-state index in [0.717, 1.165) is 27.7 Å². The van der Waals surface area contributed by atoms with E-state index in [1.54, 1.807) is 11.8 Å². The van der Waals surface area contributed by atoms with Crippen molar-refractivity contribution in [2.45, 2.75) is 22.5 Å². The molecule has 132 valence electrons. The SMILES string of the molecule is CCSc1ccccc1C(=O)Nc1ccc(CSc2ccccc2)cc1. The van der Waals surface area contributed by atoms with Gasteiger partial charge in [0.2, 0.25) is 0 Å². The molecule has 3 aromatic rings. The average Bonchev–Trinajstić information content (AvgIpc) is 2.69. The van der Waals surface area contributed by atoms with Gasteiger partial charge < -0.3 is 5.32 Å². The summed E-state index contributed by atoms with van der Waals surface area (Å²) in [6.45, 7) is 2.09. The Bertz CT molecular complexity index is 848. The summed E-state index contributed by atoms with van der Waals surface area (Å²) >= 11 is 3.49. The molecular weight excluding hydrogens is 358 g/mol. The lowest BCUT2D eigenvalue weighted by atomic mass is 10.2. The van der Waals surface area contributed by atoms with Gasteiger partial charge in [-0.05, 0) is 47.7 Å². The molecule has 0 atom stereocenters. The molecule has 3 rings (SSSR count). The second-order valence-electron chi connectivity index (χ2n) is 5.68. The molecular formula is C22H21NOS2. The topological polar surface area (TPSA) is 29.1 Å². The fourth-order valence-electron chi connectivity index (χ4n) is 2.50. The minimum atomic E-state index is -0.0621. The standard InChI is InChI=1S/C22H21NOS2/c1-2-25-21-11-7-6-10-20(21)22(24)23-18-14-12-17(13-15-18)16-26-19-8-4-3-5-9-19/h3-15H,2,16H2,1H3,(H,23,24). The van der Waals surface area contributed by atoms with Gasteiger partial charge in [-0.2, -0.15) is 0 Å². The second kappa shape index (κ2) is 9.51. The van der Waals surface area contributed by atoms with Crippen LogP contribution in [0.2, 0.25) is 0 Å². The van der Waals surface area contributed by atoms with Gasteiger partial charge in [0.05, 0.1) is 5.56 Å². The molecule has 26 heavy (non-hydrogen) atoms. The van der Waals surface area contributed by atoms with E-state index in [9.17, 15) is 4.79 Å². The zero-order chi connectivity index (χ0) is 18.2. The molecule has 0 unspecified atom stereocenters. The van der Waals surface area contributed by atoms with E-state index in [-0.39, 0.29) is 5.91 Å². The molecule has 0 aliphatic carbocycles. The van der Waals surface area contributed by atoms with E-state index in [1.807, 2.05) is 54.2 Å². The number of carbonyl (C=O) groups excluding carboxylic acids is 1. The molecule has 2 nitrogen and oxygen atoms in total. The smallest absolute Gasteiger partial charge is 0.256 e. The highest BCUT2D eigenvalue weighted by molar-refractivity contribution is 7.99. The Morgan fingerprint density at radius 2 is 1.54 bits per heavy atom. The fraction of sp³-hybridized carbons (Fsp3) is 0.136. The zero-order valence-electron chi connectivity index (χ0n) is 14.6. The van der Waals surface area contributed by atoms with Crippen LogP contribution in [0, 0.1) is 0 Å². The molecule has 1 N–H and O–H groups in total. The number of anilines is 1. The molecule has 4 heteroatoms. The summed E-state index contributed by atoms with van der Waals surface area (Å²) in [7, 11) is 0. The van der Waals surface area contributed by atoms with Crippen LogP contribution in [0.15, 0.2) is 88.7 Å². The average molecular weight is 380 g/mol. The first-order chi connectivity index (χ1) is 12.8. The van der Waals surface area contributed by atoms with Crippen molar-refractivity contribution in [2.24, 2.45) is 0 Å². The summed E-state index contributed by atoms with van der Waals surface area (Å²) in [6, 6.07) is 26.2. The van der Waals surface area contributed by atoms with Crippen molar-refractivity contribution in [2.75, 3.05) is 11.1 Å². The van der Waals surface area contributed by atoms with E-state index >= 15 is 0 Å². The molecule has 1 amide bonds. The third kappa shape index (κ3) is 5.16. The van der Waals surface area contributed by atoms with Crippen molar-refractivity contribution in [1.82, 2.24) is 0 Å². The number of thioether (sulfide) groups is 2. The van der Waals surface area contributed by atoms with Gasteiger partial charge in [-0.15, -0.1) is 23.5 Å². The van der Waals surface area contributed by atoms with Crippen LogP contribution < -0.4 is 5.32 Å². The number of hydrogen-bond acceptors (Lipinski definition) is 3. The number of benzene rings is 3. The van der Waals surface area contributed by atoms with Gasteiger partial charge in [0.15, 0.2) is 0 Å². The summed E-state index contributed by atoms with van der Waals surface area (Å²) < 4.78 is 0. The van der Waals surface area contributed by atoms with Crippen molar-refractivity contribution in [3.63, 3.8) is 0 Å². The number of rotatable bonds is 7. The monoisotopic (exact) mass is 379 g/mol. The maximum absolute atomic E-state index is 12.6. The van der Waals surface area contributed by atoms with Crippen molar-refractivity contribution in [1.29, 1.82) is 0 Å². The molecule has 0 bridgehead atoms. The lowest BCUT2D eigenvalue weighted by molar-refractivity contribution is 0.102. The first-order valence-electron chi connectivity index (χ1n) is 8.56. The molecule has 0 aliphatic rings. The van der Waals surface area contributed by atoms with E-state index in [4.69, 9.17) is 0 Å². The van der Waals surface area contributed by atoms with Crippen molar-refractivity contribution in [3.05, 3.63) is 90.0 Å². The number of hydrogen-bond donors (Lipinski definition) is 1. The summed E-state index contributed by atoms with van der Waals surface area (Å²) in [4.78, 5) is 14.9. The Morgan fingerprint density at radius 1 is 0.846 bits per heavy atom. The van der Waals surface area contributed by atoms with Crippen LogP contribution in [-0.2, 0) is 5.75 Å². The normalized spacial score (nSPS) is 10.5. The summed E-state index contributed by atoms with van der Waals surface area (Å²) in [5.74, 6) is 1.79. The fourth-order valence-corrected chi connectivity index (χ4v) is 4.18. The maximum Gasteiger partial charge on any atom is 0.256 e. The van der Waals surface area contributed by atoms with Crippen LogP contribution in [0.5, 0.6) is 0 Å². The van der Waals surface area contributed by atoms with Gasteiger partial charge in [0, 0.05) is 21.2 Å². The highest BCUT2D eigenvalue weighted by Crippen LogP contribution is 2.25. The molecule has 3 aromatic carbocycles. The highest BCUT2D eigenvalue weighted by Gasteiger charge is 2.11. The van der Waals surface area contributed by atoms with Crippen LogP contribution in [-0.4, -0.2) is 11.7 Å². The van der Waals surface area contributed by atoms with Gasteiger partial charge in [0.1, 0.15) is 0 Å². The van der Waals surface area contributed by atoms with E-state index < -0.39 is 0 Å². The third-order valence-corrected chi connectivity index (χ3v) is 5.83. The van der Waals surface area contributed by atoms with Gasteiger partial charge >= 0.3 is 0 Å². The van der Waals surface area contributed by atoms with Gasteiger partial charge in [-0.1, -0.05) is 49.4 Å². The molecule has 0 aliphatic heterocycles. The minimum Gasteiger partial charge on any atom is -0.322 e. The summed E-state index contributed by atoms with van der Waals surface area (Å²) in [5.41, 5.74) is 2.78. The number of carbonyl (C=O) groups is 1. The van der Waals surface area contributed by atoms with E-state index in [0.29, 0.717) is 0 Å². The lowest BCUT2D eigenvalue weighted by Crippen LogP contribution is -2.12. The van der Waals surface area contributed by atoms with Crippen molar-refractivity contribution in [3.8, 4) is 0 Å². The quantitative estimate of drug-likeness (QED) is 0.485. The Morgan fingerprint density at radius 3 is 2.27 bits per heavy atom. The van der Waals surface area contributed by atoms with Crippen LogP contribution >= 0.6 is 23.5 Å². The summed E-state index contributed by atoms with van der Waals surface area (Å²) in [6.07, 6.45) is 0. The van der Waals surface area contributed by atoms with Crippen molar-refractivity contribution >= 4 is 35.1 Å². The first kappa shape index (κ1) is 18.6. The Labute approximate surface area is 163 Å². The molecule has 0 saturated heterocycles. The predicted octanol–water partition coefficient (Wildman–Crippen LogP) is 6.34. The summed E-state index contributed by atoms with van der Waals surface area (Å²) in [5, 5.41) is 3.00. The Hall–Kier alpha value is -2.17. The Kier molecular flexibility index (Phi) is 6.81. The molecule has 0 fully saturated rings. The molecule has 0 heterocycles. The number of nitrogens with one attached hydrogen (secondary N) is 1. The zero-order valence-corrected chi connectivity index (χ0v) is 16.3. The van der Waals surface area contributed by atoms with Crippen LogP contribution in [0.4, 0.5) is 5.69 Å². The highest BCUT2D eigenvalue weighted by atomic mass is 32.2. The third-order valence-electron chi connectivity index (χ3n) is 3.79. The molecule has 0 spiro atoms. The van der Waals surface area contributed by atoms with Gasteiger partial charge in [0.25, 0.3) is 5.91 Å². The predicted molar refractivity (Wildman–Crippen MR) is 113 cm³/mol. The second-order valence-corrected chi connectivity index (χ2v) is 8.04. The minimum absolute atomic E-state index is 0.0621. The molecule has 0 aromatic heterocycles. The first-order valence-corrected chi connectivity index (χ1v) is 10.5. The molecule has 0 saturated carbocycles. The van der Waals surface area contributed by atoms with Crippen LogP contribution in [0.3, 0.4) is 0 Å². The van der Waals surface area contributed by atoms with Gasteiger partial charge in [-0.3, -0.25) is 4.79 Å². The largest absolute Gasteiger partial charge is 0.322 e. The molecule has 0 radical (unpaired) electrons. The van der Waals surface area contributed by atoms with E-state index in [2.05, 4.69) is 48.6 Å². The van der Waals surface area contributed by atoms with Gasteiger partial charge in [-0.25, -0.2) is 0 Å². The van der Waals surface area contributed by atoms with E-state index in [1.165, 1.54) is 10.5 Å². The lowest BCUT2D eigenvalue weighted by Gasteiger charge is -2.10. The number of amides is 1. The Balaban J connectivity index is 1.61. The maximum atomic E-state index is 12.6. The van der Waals surface area contributed by atoms with Crippen LogP contribution in [0.25, 0.3) is 0 Å². The van der Waals surface area contributed by atoms with Crippen molar-refractivity contribution < 1.29 is 4.79 Å². The van der Waals surface area contributed by atoms with Crippen LogP contribution in [0.1, 0.15) is 22.8 Å².